The van der Waals surface area contributed by atoms with Crippen LogP contribution in [-0.4, -0.2) is 48.2 Å². The maximum Gasteiger partial charge on any atom is 0.316 e. The molecule has 0 bridgehead atoms. The first kappa shape index (κ1) is 25.9. The lowest BCUT2D eigenvalue weighted by molar-refractivity contribution is -0.924. The molecule has 2 atom stereocenters. The molecule has 5 heteroatoms. The molecule has 0 rings (SSSR count). The third-order valence-corrected chi connectivity index (χ3v) is 6.47. The van der Waals surface area contributed by atoms with E-state index < -0.39 is 22.9 Å². The zero-order valence-corrected chi connectivity index (χ0v) is 18.6. The Bertz CT molecular complexity index is 458. The molecule has 0 fully saturated rings. The van der Waals surface area contributed by atoms with Gasteiger partial charge in [0.1, 0.15) is 11.4 Å². The lowest BCUT2D eigenvalue weighted by atomic mass is 9.64. The number of carboxylic acid groups (broad SMARTS) is 2. The van der Waals surface area contributed by atoms with E-state index in [2.05, 4.69) is 6.92 Å². The molecule has 0 aliphatic carbocycles. The van der Waals surface area contributed by atoms with E-state index in [9.17, 15) is 19.8 Å². The summed E-state index contributed by atoms with van der Waals surface area (Å²) in [6.07, 6.45) is 12.2. The van der Waals surface area contributed by atoms with Gasteiger partial charge in [-0.1, -0.05) is 71.6 Å². The molecule has 5 nitrogen and oxygen atoms in total. The number of nitrogens with zero attached hydrogens (tertiary/aromatic N) is 1. The second kappa shape index (κ2) is 11.7. The van der Waals surface area contributed by atoms with Crippen LogP contribution in [-0.2, 0) is 9.59 Å². The van der Waals surface area contributed by atoms with Gasteiger partial charge >= 0.3 is 5.97 Å². The number of unbranched alkanes of at least 4 members (excludes halogenated alkanes) is 9. The molecule has 0 heterocycles. The van der Waals surface area contributed by atoms with Gasteiger partial charge in [-0.15, -0.1) is 0 Å². The van der Waals surface area contributed by atoms with Crippen molar-refractivity contribution in [1.82, 2.24) is 0 Å². The van der Waals surface area contributed by atoms with Crippen LogP contribution < -0.4 is 5.11 Å². The van der Waals surface area contributed by atoms with E-state index in [1.54, 1.807) is 35.0 Å². The van der Waals surface area contributed by atoms with E-state index in [-0.39, 0.29) is 10.9 Å². The number of carbonyl (C=O) groups excluding carboxylic acids is 1. The summed E-state index contributed by atoms with van der Waals surface area (Å²) in [5.74, 6) is -2.31. The molecule has 1 N–H and O–H groups in total. The van der Waals surface area contributed by atoms with Crippen molar-refractivity contribution in [2.45, 2.75) is 103 Å². The largest absolute Gasteiger partial charge is 0.544 e. The Balaban J connectivity index is 4.83. The molecule has 160 valence electrons. The molecule has 0 aromatic carbocycles. The number of quaternary nitrogens is 1. The number of likely N-dealkylation sites (N-methyl/N-ethyl adjacent to an activating group) is 1. The van der Waals surface area contributed by atoms with E-state index in [1.165, 1.54) is 44.9 Å². The highest BCUT2D eigenvalue weighted by atomic mass is 16.4. The number of carbonyl (C=O) groups is 2. The van der Waals surface area contributed by atoms with Crippen LogP contribution in [0, 0.1) is 5.41 Å². The number of carboxylic acids is 2. The molecule has 0 aliphatic heterocycles. The van der Waals surface area contributed by atoms with Gasteiger partial charge in [0.05, 0.1) is 21.1 Å². The normalized spacial score (nSPS) is 16.5. The SMILES string of the molecule is CCCCCCCCCCCCC(C(=O)[O-])(C(C)(CC)C(=O)O)[N+](C)(C)C. The summed E-state index contributed by atoms with van der Waals surface area (Å²) >= 11 is 0. The van der Waals surface area contributed by atoms with Crippen molar-refractivity contribution in [2.75, 3.05) is 21.1 Å². The molecule has 2 unspecified atom stereocenters. The number of hydrogen-bond donors (Lipinski definition) is 1. The molecular formula is C22H43NO4. The second-order valence-corrected chi connectivity index (χ2v) is 9.08. The first-order chi connectivity index (χ1) is 12.5. The Morgan fingerprint density at radius 2 is 1.26 bits per heavy atom. The van der Waals surface area contributed by atoms with E-state index in [0.717, 1.165) is 12.8 Å². The lowest BCUT2D eigenvalue weighted by Crippen LogP contribution is -2.74. The molecule has 0 radical (unpaired) electrons. The topological polar surface area (TPSA) is 77.4 Å². The predicted molar refractivity (Wildman–Crippen MR) is 108 cm³/mol. The van der Waals surface area contributed by atoms with Gasteiger partial charge in [-0.3, -0.25) is 4.79 Å². The van der Waals surface area contributed by atoms with Crippen LogP contribution in [0.4, 0.5) is 0 Å². The molecule has 0 spiro atoms. The Morgan fingerprint density at radius 1 is 0.852 bits per heavy atom. The van der Waals surface area contributed by atoms with Gasteiger partial charge in [0.25, 0.3) is 0 Å². The minimum atomic E-state index is -1.45. The fraction of sp³-hybridized carbons (Fsp3) is 0.909. The zero-order chi connectivity index (χ0) is 21.1. The number of rotatable bonds is 16. The van der Waals surface area contributed by atoms with Crippen molar-refractivity contribution in [3.8, 4) is 0 Å². The van der Waals surface area contributed by atoms with Gasteiger partial charge in [-0.25, -0.2) is 0 Å². The summed E-state index contributed by atoms with van der Waals surface area (Å²) in [5, 5.41) is 22.1. The van der Waals surface area contributed by atoms with Crippen LogP contribution in [0.25, 0.3) is 0 Å². The quantitative estimate of drug-likeness (QED) is 0.322. The predicted octanol–water partition coefficient (Wildman–Crippen LogP) is 3.99. The summed E-state index contributed by atoms with van der Waals surface area (Å²) in [6, 6.07) is 0. The third kappa shape index (κ3) is 6.48. The average molecular weight is 386 g/mol. The fourth-order valence-electron chi connectivity index (χ4n) is 4.44. The van der Waals surface area contributed by atoms with E-state index >= 15 is 0 Å². The van der Waals surface area contributed by atoms with Gasteiger partial charge in [0.2, 0.25) is 0 Å². The van der Waals surface area contributed by atoms with Gasteiger partial charge in [-0.05, 0) is 19.8 Å². The monoisotopic (exact) mass is 385 g/mol. The fourth-order valence-corrected chi connectivity index (χ4v) is 4.44. The smallest absolute Gasteiger partial charge is 0.316 e. The first-order valence-electron chi connectivity index (χ1n) is 10.8. The Kier molecular flexibility index (Phi) is 11.2. The van der Waals surface area contributed by atoms with Gasteiger partial charge in [0, 0.05) is 6.42 Å². The van der Waals surface area contributed by atoms with Gasteiger partial charge < -0.3 is 19.5 Å². The van der Waals surface area contributed by atoms with Crippen molar-refractivity contribution in [2.24, 2.45) is 5.41 Å². The maximum absolute atomic E-state index is 12.3. The summed E-state index contributed by atoms with van der Waals surface area (Å²) in [6.45, 7) is 5.53. The van der Waals surface area contributed by atoms with Crippen molar-refractivity contribution in [1.29, 1.82) is 0 Å². The minimum Gasteiger partial charge on any atom is -0.544 e. The molecule has 0 aliphatic rings. The average Bonchev–Trinajstić information content (AvgIpc) is 2.57. The van der Waals surface area contributed by atoms with E-state index in [1.807, 2.05) is 0 Å². The standard InChI is InChI=1S/C22H43NO4/c1-7-9-10-11-12-13-14-15-16-17-18-22(20(26)27,23(4,5)6)21(3,8-2)19(24)25/h7-18H2,1-6H3,(H-,24,25,26,27). The first-order valence-corrected chi connectivity index (χ1v) is 10.8. The van der Waals surface area contributed by atoms with Gasteiger partial charge in [-0.2, -0.15) is 0 Å². The van der Waals surface area contributed by atoms with Crippen molar-refractivity contribution in [3.63, 3.8) is 0 Å². The zero-order valence-electron chi connectivity index (χ0n) is 18.6. The van der Waals surface area contributed by atoms with Crippen LogP contribution in [0.2, 0.25) is 0 Å². The summed E-state index contributed by atoms with van der Waals surface area (Å²) in [5.41, 5.74) is -2.82. The minimum absolute atomic E-state index is 0.0450. The highest BCUT2D eigenvalue weighted by molar-refractivity contribution is 5.87. The molecule has 27 heavy (non-hydrogen) atoms. The van der Waals surface area contributed by atoms with Crippen LogP contribution in [0.15, 0.2) is 0 Å². The van der Waals surface area contributed by atoms with Crippen LogP contribution in [0.1, 0.15) is 97.8 Å². The van der Waals surface area contributed by atoms with Crippen molar-refractivity contribution >= 4 is 11.9 Å². The molecule has 0 amide bonds. The molecule has 0 aromatic heterocycles. The Morgan fingerprint density at radius 3 is 1.56 bits per heavy atom. The van der Waals surface area contributed by atoms with Crippen LogP contribution in [0.5, 0.6) is 0 Å². The van der Waals surface area contributed by atoms with E-state index in [4.69, 9.17) is 0 Å². The van der Waals surface area contributed by atoms with Crippen molar-refractivity contribution in [3.05, 3.63) is 0 Å². The molecule has 0 saturated heterocycles. The molecule has 0 saturated carbocycles. The lowest BCUT2D eigenvalue weighted by Gasteiger charge is -2.54. The molecule has 0 aromatic rings. The van der Waals surface area contributed by atoms with E-state index in [0.29, 0.717) is 12.8 Å². The Hall–Kier alpha value is -1.10. The maximum atomic E-state index is 12.3. The van der Waals surface area contributed by atoms with Gasteiger partial charge in [0.15, 0.2) is 5.54 Å². The summed E-state index contributed by atoms with van der Waals surface area (Å²) in [7, 11) is 5.30. The number of hydrogen-bond acceptors (Lipinski definition) is 3. The third-order valence-electron chi connectivity index (χ3n) is 6.47. The van der Waals surface area contributed by atoms with Crippen LogP contribution >= 0.6 is 0 Å². The van der Waals surface area contributed by atoms with Crippen molar-refractivity contribution < 1.29 is 24.3 Å². The summed E-state index contributed by atoms with van der Waals surface area (Å²) < 4.78 is 0.0450. The molecular weight excluding hydrogens is 342 g/mol. The summed E-state index contributed by atoms with van der Waals surface area (Å²) in [4.78, 5) is 24.3. The highest BCUT2D eigenvalue weighted by Gasteiger charge is 2.61. The highest BCUT2D eigenvalue weighted by Crippen LogP contribution is 2.45. The van der Waals surface area contributed by atoms with Crippen LogP contribution in [0.3, 0.4) is 0 Å². The Labute approximate surface area is 166 Å². The number of aliphatic carboxylic acids is 2. The second-order valence-electron chi connectivity index (χ2n) is 9.08.